The summed E-state index contributed by atoms with van der Waals surface area (Å²) in [5, 5.41) is 5.15. The molecule has 0 saturated carbocycles. The van der Waals surface area contributed by atoms with Crippen molar-refractivity contribution in [1.82, 2.24) is 4.90 Å². The maximum atomic E-state index is 11.4. The van der Waals surface area contributed by atoms with Gasteiger partial charge < -0.3 is 4.90 Å². The van der Waals surface area contributed by atoms with Gasteiger partial charge >= 0.3 is 0 Å². The molecule has 2 atom stereocenters. The van der Waals surface area contributed by atoms with Gasteiger partial charge in [0.2, 0.25) is 10.0 Å². The molecule has 1 saturated heterocycles. The number of hydrogen-bond acceptors (Lipinski definition) is 4. The van der Waals surface area contributed by atoms with E-state index in [9.17, 15) is 8.42 Å². The molecule has 2 unspecified atom stereocenters. The summed E-state index contributed by atoms with van der Waals surface area (Å²) in [5.41, 5.74) is 4.62. The van der Waals surface area contributed by atoms with Gasteiger partial charge in [0.15, 0.2) is 0 Å². The number of nitrogens with zero attached hydrogens (tertiary/aromatic N) is 2. The fourth-order valence-electron chi connectivity index (χ4n) is 4.08. The van der Waals surface area contributed by atoms with Crippen LogP contribution in [-0.2, 0) is 10.0 Å². The molecule has 2 aliphatic rings. The largest absolute Gasteiger partial charge is 0.306 e. The molecule has 0 aromatic heterocycles. The van der Waals surface area contributed by atoms with Crippen LogP contribution in [0.15, 0.2) is 47.4 Å². The van der Waals surface area contributed by atoms with E-state index < -0.39 is 10.0 Å². The first-order chi connectivity index (χ1) is 12.8. The number of likely N-dealkylation sites (tertiary alicyclic amines) is 1. The molecule has 2 heterocycles. The summed E-state index contributed by atoms with van der Waals surface area (Å²) in [4.78, 5) is 4.70. The second kappa shape index (κ2) is 6.68. The van der Waals surface area contributed by atoms with Crippen LogP contribution in [-0.4, -0.2) is 39.5 Å². The van der Waals surface area contributed by atoms with Crippen molar-refractivity contribution in [3.63, 3.8) is 0 Å². The van der Waals surface area contributed by atoms with Crippen molar-refractivity contribution in [1.29, 1.82) is 0 Å². The summed E-state index contributed by atoms with van der Waals surface area (Å²) in [6.07, 6.45) is 1.08. The van der Waals surface area contributed by atoms with Crippen molar-refractivity contribution >= 4 is 15.7 Å². The van der Waals surface area contributed by atoms with Gasteiger partial charge in [-0.15, -0.1) is 0 Å². The average Bonchev–Trinajstić information content (AvgIpc) is 2.92. The van der Waals surface area contributed by atoms with Gasteiger partial charge in [0.1, 0.15) is 0 Å². The minimum atomic E-state index is -3.68. The van der Waals surface area contributed by atoms with Crippen LogP contribution in [0, 0.1) is 18.9 Å². The van der Waals surface area contributed by atoms with Crippen LogP contribution in [0.5, 0.6) is 0 Å². The first kappa shape index (κ1) is 18.1. The lowest BCUT2D eigenvalue weighted by Gasteiger charge is -2.35. The fourth-order valence-corrected chi connectivity index (χ4v) is 4.60. The Kier molecular flexibility index (Phi) is 4.47. The summed E-state index contributed by atoms with van der Waals surface area (Å²) in [7, 11) is -1.50. The van der Waals surface area contributed by atoms with Gasteiger partial charge in [-0.05, 0) is 68.8 Å². The number of aryl methyl sites for hydroxylation is 1. The Morgan fingerprint density at radius 2 is 1.89 bits per heavy atom. The maximum absolute atomic E-state index is 11.4. The molecule has 2 aromatic rings. The molecule has 2 N–H and O–H groups in total. The highest BCUT2D eigenvalue weighted by molar-refractivity contribution is 7.89. The third-order valence-electron chi connectivity index (χ3n) is 5.46. The summed E-state index contributed by atoms with van der Waals surface area (Å²) in [5.74, 6) is 3.66. The topological polar surface area (TPSA) is 66.6 Å². The quantitative estimate of drug-likeness (QED) is 0.770. The summed E-state index contributed by atoms with van der Waals surface area (Å²) >= 11 is 0. The van der Waals surface area contributed by atoms with Crippen LogP contribution in [0.1, 0.15) is 29.0 Å². The second-order valence-electron chi connectivity index (χ2n) is 7.46. The molecule has 140 valence electrons. The molecule has 0 radical (unpaired) electrons. The van der Waals surface area contributed by atoms with Gasteiger partial charge in [-0.25, -0.2) is 13.6 Å². The Bertz CT molecular complexity index is 1040. The Labute approximate surface area is 160 Å². The minimum Gasteiger partial charge on any atom is -0.306 e. The van der Waals surface area contributed by atoms with Crippen LogP contribution in [0.3, 0.4) is 0 Å². The van der Waals surface area contributed by atoms with E-state index >= 15 is 0 Å². The Balaban J connectivity index is 1.67. The number of hydrogen-bond donors (Lipinski definition) is 1. The summed E-state index contributed by atoms with van der Waals surface area (Å²) in [6, 6.07) is 16.7. The maximum Gasteiger partial charge on any atom is 0.238 e. The number of primary sulfonamides is 1. The number of rotatable bonds is 1. The smallest absolute Gasteiger partial charge is 0.238 e. The normalized spacial score (nSPS) is 22.0. The number of nitrogens with two attached hydrogens (primary N) is 1. The Morgan fingerprint density at radius 3 is 2.59 bits per heavy atom. The zero-order valence-corrected chi connectivity index (χ0v) is 16.3. The van der Waals surface area contributed by atoms with Crippen molar-refractivity contribution in [2.24, 2.45) is 5.14 Å². The highest BCUT2D eigenvalue weighted by atomic mass is 32.2. The lowest BCUT2D eigenvalue weighted by Crippen LogP contribution is -2.43. The number of fused-ring (bicyclic) bond motifs is 3. The van der Waals surface area contributed by atoms with Gasteiger partial charge in [0.05, 0.1) is 16.6 Å². The van der Waals surface area contributed by atoms with E-state index in [0.717, 1.165) is 25.1 Å². The van der Waals surface area contributed by atoms with Crippen molar-refractivity contribution in [2.45, 2.75) is 30.2 Å². The summed E-state index contributed by atoms with van der Waals surface area (Å²) < 4.78 is 22.8. The number of likely N-dealkylation sites (N-methyl/N-ethyl adjacent to an activating group) is 1. The molecule has 2 aliphatic heterocycles. The highest BCUT2D eigenvalue weighted by Gasteiger charge is 2.40. The lowest BCUT2D eigenvalue weighted by molar-refractivity contribution is 0.236. The average molecular weight is 382 g/mol. The molecule has 0 spiro atoms. The van der Waals surface area contributed by atoms with Gasteiger partial charge in [0.25, 0.3) is 0 Å². The molecule has 1 fully saturated rings. The van der Waals surface area contributed by atoms with E-state index in [4.69, 9.17) is 5.14 Å². The number of anilines is 1. The Hall–Kier alpha value is -2.33. The first-order valence-corrected chi connectivity index (χ1v) is 10.6. The molecule has 0 bridgehead atoms. The second-order valence-corrected chi connectivity index (χ2v) is 9.02. The zero-order valence-electron chi connectivity index (χ0n) is 15.5. The molecule has 4 rings (SSSR count). The van der Waals surface area contributed by atoms with E-state index in [2.05, 4.69) is 53.9 Å². The van der Waals surface area contributed by atoms with Crippen LogP contribution in [0.4, 0.5) is 5.69 Å². The predicted octanol–water partition coefficient (Wildman–Crippen LogP) is 2.26. The predicted molar refractivity (Wildman–Crippen MR) is 107 cm³/mol. The SMILES string of the molecule is Cc1ccc2c(c1)C1CN(C)CCC1N2C#Cc1ccc(S(N)(=O)=O)cc1. The monoisotopic (exact) mass is 381 g/mol. The van der Waals surface area contributed by atoms with Crippen molar-refractivity contribution in [2.75, 3.05) is 25.0 Å². The standard InChI is InChI=1S/C21H23N3O2S/c1-15-3-8-20-18(13-15)19-14-23(2)11-10-21(19)24(20)12-9-16-4-6-17(7-5-16)27(22,25)26/h3-8,13,19,21H,10-11,14H2,1-2H3,(H2,22,25,26). The van der Waals surface area contributed by atoms with Crippen molar-refractivity contribution in [3.05, 3.63) is 59.2 Å². The highest BCUT2D eigenvalue weighted by Crippen LogP contribution is 2.44. The van der Waals surface area contributed by atoms with E-state index in [1.807, 2.05) is 0 Å². The molecule has 0 amide bonds. The number of sulfonamides is 1. The molecular formula is C21H23N3O2S. The van der Waals surface area contributed by atoms with E-state index in [0.29, 0.717) is 12.0 Å². The minimum absolute atomic E-state index is 0.102. The number of benzene rings is 2. The van der Waals surface area contributed by atoms with Crippen LogP contribution < -0.4 is 10.0 Å². The number of piperidine rings is 1. The van der Waals surface area contributed by atoms with Gasteiger partial charge in [-0.1, -0.05) is 17.7 Å². The van der Waals surface area contributed by atoms with E-state index in [-0.39, 0.29) is 4.90 Å². The molecular weight excluding hydrogens is 358 g/mol. The van der Waals surface area contributed by atoms with Crippen molar-refractivity contribution < 1.29 is 8.42 Å². The van der Waals surface area contributed by atoms with Crippen LogP contribution >= 0.6 is 0 Å². The lowest BCUT2D eigenvalue weighted by atomic mass is 9.89. The van der Waals surface area contributed by atoms with E-state index in [1.54, 1.807) is 12.1 Å². The van der Waals surface area contributed by atoms with Crippen LogP contribution in [0.2, 0.25) is 0 Å². The van der Waals surface area contributed by atoms with Crippen LogP contribution in [0.25, 0.3) is 0 Å². The van der Waals surface area contributed by atoms with Gasteiger partial charge in [-0.2, -0.15) is 0 Å². The molecule has 27 heavy (non-hydrogen) atoms. The first-order valence-electron chi connectivity index (χ1n) is 9.06. The fraction of sp³-hybridized carbons (Fsp3) is 0.333. The van der Waals surface area contributed by atoms with Crippen molar-refractivity contribution in [3.8, 4) is 12.0 Å². The Morgan fingerprint density at radius 1 is 1.15 bits per heavy atom. The summed E-state index contributed by atoms with van der Waals surface area (Å²) in [6.45, 7) is 4.24. The van der Waals surface area contributed by atoms with Gasteiger partial charge in [-0.3, -0.25) is 4.90 Å². The molecule has 5 nitrogen and oxygen atoms in total. The molecule has 2 aromatic carbocycles. The third kappa shape index (κ3) is 3.46. The van der Waals surface area contributed by atoms with E-state index in [1.165, 1.54) is 28.9 Å². The third-order valence-corrected chi connectivity index (χ3v) is 6.39. The van der Waals surface area contributed by atoms with Gasteiger partial charge in [0, 0.05) is 24.1 Å². The molecule has 6 heteroatoms. The zero-order chi connectivity index (χ0) is 19.2. The molecule has 0 aliphatic carbocycles.